The highest BCUT2D eigenvalue weighted by molar-refractivity contribution is 6.34. The van der Waals surface area contributed by atoms with Gasteiger partial charge in [0.05, 0.1) is 48.7 Å². The second-order valence-electron chi connectivity index (χ2n) is 35.8. The summed E-state index contributed by atoms with van der Waals surface area (Å²) < 4.78 is 23.3. The van der Waals surface area contributed by atoms with Gasteiger partial charge in [-0.15, -0.1) is 0 Å². The maximum absolute atomic E-state index is 13.1. The van der Waals surface area contributed by atoms with Crippen LogP contribution in [0, 0.1) is 47.3 Å². The first-order chi connectivity index (χ1) is 68.2. The van der Waals surface area contributed by atoms with Crippen LogP contribution in [0.15, 0.2) is 413 Å². The van der Waals surface area contributed by atoms with Crippen molar-refractivity contribution in [3.63, 3.8) is 0 Å². The van der Waals surface area contributed by atoms with E-state index in [-0.39, 0.29) is 97.4 Å². The topological polar surface area (TPSA) is 329 Å². The van der Waals surface area contributed by atoms with Gasteiger partial charge in [0.1, 0.15) is 0 Å². The second-order valence-corrected chi connectivity index (χ2v) is 35.8. The maximum Gasteiger partial charge on any atom is 0.372 e. The van der Waals surface area contributed by atoms with Crippen molar-refractivity contribution in [1.82, 2.24) is 0 Å². The quantitative estimate of drug-likeness (QED) is 0.0151. The molecule has 0 saturated heterocycles. The molecule has 0 amide bonds. The maximum atomic E-state index is 13.1. The van der Waals surface area contributed by atoms with E-state index in [1.165, 1.54) is 0 Å². The lowest BCUT2D eigenvalue weighted by atomic mass is 9.51. The zero-order valence-corrected chi connectivity index (χ0v) is 75.9. The number of ketones is 2. The third-order valence-corrected chi connectivity index (χ3v) is 28.3. The number of rotatable bonds is 28. The van der Waals surface area contributed by atoms with Gasteiger partial charge >= 0.3 is 47.8 Å². The van der Waals surface area contributed by atoms with Crippen molar-refractivity contribution in [2.24, 2.45) is 47.3 Å². The normalized spacial score (nSPS) is 21.7. The average Bonchev–Trinajstić information content (AvgIpc) is 0.737. The first-order valence-corrected chi connectivity index (χ1v) is 46.6. The summed E-state index contributed by atoms with van der Waals surface area (Å²) in [5, 5.41) is 67.3. The number of aliphatic hydroxyl groups excluding tert-OH is 2. The van der Waals surface area contributed by atoms with Gasteiger partial charge in [-0.2, -0.15) is 0 Å². The number of Topliss-reactive ketones (excluding diaryl/α,β-unsaturated/α-hetero) is 2. The van der Waals surface area contributed by atoms with Gasteiger partial charge in [-0.3, -0.25) is 9.59 Å². The molecule has 10 atom stereocenters. The molecular weight excluding hydrogens is 1760 g/mol. The Morgan fingerprint density at radius 1 is 0.221 bits per heavy atom. The van der Waals surface area contributed by atoms with Crippen molar-refractivity contribution in [3.8, 4) is 0 Å². The molecule has 0 spiro atoms. The van der Waals surface area contributed by atoms with Gasteiger partial charge in [0.2, 0.25) is 11.6 Å². The largest absolute Gasteiger partial charge is 0.479 e. The lowest BCUT2D eigenvalue weighted by Gasteiger charge is -2.53. The summed E-state index contributed by atoms with van der Waals surface area (Å²) >= 11 is 0. The molecule has 6 N–H and O–H groups in total. The van der Waals surface area contributed by atoms with E-state index in [0.717, 1.165) is 87.6 Å². The third-order valence-electron chi connectivity index (χ3n) is 28.3. The van der Waals surface area contributed by atoms with Crippen LogP contribution >= 0.6 is 0 Å². The van der Waals surface area contributed by atoms with Crippen LogP contribution in [0.4, 0.5) is 0 Å². The first kappa shape index (κ1) is 95.3. The molecular formula is C120H100O20. The van der Waals surface area contributed by atoms with Crippen LogP contribution in [0.1, 0.15) is 133 Å². The number of carboxylic acid groups (broad SMARTS) is 4. The molecule has 20 rings (SSSR count). The molecule has 0 radical (unpaired) electrons. The third kappa shape index (κ3) is 20.5. The number of aliphatic carboxylic acids is 4. The number of carboxylic acids is 4. The molecule has 4 aliphatic carbocycles. The molecule has 4 saturated carbocycles. The van der Waals surface area contributed by atoms with E-state index in [1.54, 1.807) is 30.3 Å². The Kier molecular flexibility index (Phi) is 29.8. The van der Waals surface area contributed by atoms with E-state index in [0.29, 0.717) is 22.3 Å². The Hall–Kier alpha value is -16.4. The van der Waals surface area contributed by atoms with E-state index < -0.39 is 95.2 Å². The summed E-state index contributed by atoms with van der Waals surface area (Å²) in [4.78, 5) is 125. The fourth-order valence-corrected chi connectivity index (χ4v) is 21.8. The molecule has 0 aromatic heterocycles. The van der Waals surface area contributed by atoms with Gasteiger partial charge in [-0.05, 0) is 148 Å². The van der Waals surface area contributed by atoms with E-state index in [9.17, 15) is 78.6 Å². The number of hydrogen-bond donors (Lipinski definition) is 6. The number of fused-ring (bicyclic) bond motifs is 4. The smallest absolute Gasteiger partial charge is 0.372 e. The van der Waals surface area contributed by atoms with Crippen LogP contribution in [0.2, 0.25) is 0 Å². The van der Waals surface area contributed by atoms with Gasteiger partial charge in [-0.1, -0.05) is 376 Å². The highest BCUT2D eigenvalue weighted by atomic mass is 16.5. The van der Waals surface area contributed by atoms with Crippen molar-refractivity contribution in [2.75, 3.05) is 26.4 Å². The number of aliphatic hydroxyl groups is 2. The average molecular weight is 1860 g/mol. The van der Waals surface area contributed by atoms with E-state index in [1.807, 2.05) is 382 Å². The number of esters is 4. The molecule has 20 nitrogen and oxygen atoms in total. The summed E-state index contributed by atoms with van der Waals surface area (Å²) in [6, 6.07) is 129. The highest BCUT2D eigenvalue weighted by Crippen LogP contribution is 2.63. The van der Waals surface area contributed by atoms with Crippen molar-refractivity contribution in [2.45, 2.75) is 59.6 Å². The SMILES string of the molecule is O=C(O)C(=O)C1[C@H](c2ccccc2)C(COC(=O)c2ccc3ccccc3c2)[C@H]1c1ccccc1.O=C(O)C(=O)C1[C@H](c2ccccc2)C(COC(=O)c2cccc3ccccc23)[C@H]1c1ccccc1.O=C(OCC1[C@@H](c2ccccc2)C(C(O)C(=O)O)[C@@H]1c1ccccc1)c1ccc2ccccc2c1.O=C(OCC1[C@@H](c2ccccc2)C(C(O)C(=O)O)[C@@H]1c1ccccc1)c1cccc2ccccc12. The molecule has 700 valence electrons. The molecule has 2 unspecified atom stereocenters. The molecule has 0 heterocycles. The zero-order chi connectivity index (χ0) is 97.5. The van der Waals surface area contributed by atoms with Crippen LogP contribution in [-0.4, -0.2) is 129 Å². The number of ether oxygens (including phenoxy) is 4. The lowest BCUT2D eigenvalue weighted by molar-refractivity contribution is -0.157. The van der Waals surface area contributed by atoms with E-state index in [4.69, 9.17) is 18.9 Å². The minimum atomic E-state index is -1.53. The fourth-order valence-electron chi connectivity index (χ4n) is 21.8. The van der Waals surface area contributed by atoms with Crippen LogP contribution in [0.3, 0.4) is 0 Å². The summed E-state index contributed by atoms with van der Waals surface area (Å²) in [5.41, 5.74) is 9.07. The molecule has 16 aromatic carbocycles. The van der Waals surface area contributed by atoms with E-state index >= 15 is 0 Å². The van der Waals surface area contributed by atoms with Gasteiger partial charge in [0.15, 0.2) is 12.2 Å². The second kappa shape index (κ2) is 43.7. The van der Waals surface area contributed by atoms with Gasteiger partial charge in [0, 0.05) is 71.0 Å². The molecule has 4 aliphatic rings. The molecule has 140 heavy (non-hydrogen) atoms. The van der Waals surface area contributed by atoms with Crippen LogP contribution in [0.5, 0.6) is 0 Å². The Morgan fingerprint density at radius 3 is 0.693 bits per heavy atom. The summed E-state index contributed by atoms with van der Waals surface area (Å²) in [7, 11) is 0. The van der Waals surface area contributed by atoms with Crippen LogP contribution < -0.4 is 0 Å². The van der Waals surface area contributed by atoms with Crippen molar-refractivity contribution in [1.29, 1.82) is 0 Å². The minimum Gasteiger partial charge on any atom is -0.479 e. The lowest BCUT2D eigenvalue weighted by Crippen LogP contribution is -2.53. The standard InChI is InChI=1S/C30H26O5.C30H24O5.C30H26O5.C30H24O5/c2*31-28(29(32)33)27-25(20-11-3-1-4-12-20)24(26(27)21-13-5-2-6-14-21)18-35-30(34)23-17-9-15-19-10-7-8-16-22(19)23;2*31-28(29(32)33)27-25(20-10-3-1-4-11-20)24(26(27)21-12-5-2-6-13-21)18-35-30(34)23-16-15-19-9-7-8-14-22(19)17-23/h1-17,24-28,31H,18H2,(H,32,33);1-17,24-27H,18H2,(H,32,33);1-17,24-28,31H,18H2,(H,32,33);1-17,24-27H,18H2,(H,32,33)/t24?,25-,26-,27?,28?;24?,25-,26-,27?;24?,25-,26-,27?,28?;24?,25-,26-,27?/m1111/s1. The van der Waals surface area contributed by atoms with Crippen molar-refractivity contribution < 1.29 is 97.5 Å². The molecule has 16 aromatic rings. The van der Waals surface area contributed by atoms with Crippen LogP contribution in [0.25, 0.3) is 43.1 Å². The van der Waals surface area contributed by atoms with Crippen LogP contribution in [-0.2, 0) is 47.7 Å². The Morgan fingerprint density at radius 2 is 0.436 bits per heavy atom. The van der Waals surface area contributed by atoms with Gasteiger partial charge in [0.25, 0.3) is 0 Å². The molecule has 4 fully saturated rings. The first-order valence-electron chi connectivity index (χ1n) is 46.6. The highest BCUT2D eigenvalue weighted by Gasteiger charge is 2.61. The molecule has 0 bridgehead atoms. The predicted molar refractivity (Wildman–Crippen MR) is 531 cm³/mol. The monoisotopic (exact) mass is 1860 g/mol. The Labute approximate surface area is 807 Å². The molecule has 0 aliphatic heterocycles. The van der Waals surface area contributed by atoms with Crippen molar-refractivity contribution >= 4 is 102 Å². The Balaban J connectivity index is 0.000000129. The van der Waals surface area contributed by atoms with Gasteiger partial charge in [-0.25, -0.2) is 38.4 Å². The number of carbonyl (C=O) groups is 10. The number of carbonyl (C=O) groups excluding carboxylic acids is 6. The van der Waals surface area contributed by atoms with E-state index in [2.05, 4.69) is 0 Å². The summed E-state index contributed by atoms with van der Waals surface area (Å²) in [6.45, 7) is 0.385. The number of benzene rings is 16. The zero-order valence-electron chi connectivity index (χ0n) is 75.9. The fraction of sp³-hybridized carbons (Fsp3) is 0.183. The minimum absolute atomic E-state index is 0.0740. The Bertz CT molecular complexity index is 6920. The predicted octanol–water partition coefficient (Wildman–Crippen LogP) is 21.4. The molecule has 20 heteroatoms. The number of hydrogen-bond acceptors (Lipinski definition) is 16. The van der Waals surface area contributed by atoms with Gasteiger partial charge < -0.3 is 49.6 Å². The van der Waals surface area contributed by atoms with Crippen molar-refractivity contribution in [3.05, 3.63) is 479 Å². The summed E-state index contributed by atoms with van der Waals surface area (Å²) in [6.07, 6.45) is -3.06. The summed E-state index contributed by atoms with van der Waals surface area (Å²) in [5.74, 6) is -14.7.